The maximum absolute atomic E-state index is 12.4. The molecule has 1 rings (SSSR count). The minimum atomic E-state index is -1.15. The van der Waals surface area contributed by atoms with Crippen LogP contribution in [0.15, 0.2) is 30.3 Å². The normalized spacial score (nSPS) is 11.6. The van der Waals surface area contributed by atoms with Crippen molar-refractivity contribution in [3.8, 4) is 0 Å². The molecule has 0 radical (unpaired) electrons. The topological polar surface area (TPSA) is 132 Å². The Kier molecular flexibility index (Phi) is 10.1. The third-order valence-corrected chi connectivity index (χ3v) is 3.45. The van der Waals surface area contributed by atoms with Gasteiger partial charge in [-0.25, -0.2) is 15.0 Å². The quantitative estimate of drug-likeness (QED) is 0.332. The van der Waals surface area contributed by atoms with Gasteiger partial charge in [-0.05, 0) is 39.7 Å². The zero-order valence-corrected chi connectivity index (χ0v) is 17.7. The van der Waals surface area contributed by atoms with Gasteiger partial charge in [0.25, 0.3) is 5.91 Å². The number of amides is 3. The molecule has 10 nitrogen and oxygen atoms in total. The summed E-state index contributed by atoms with van der Waals surface area (Å²) in [5.74, 6) is -1.27. The first-order valence-electron chi connectivity index (χ1n) is 9.52. The lowest BCUT2D eigenvalue weighted by Gasteiger charge is -2.21. The second-order valence-electron chi connectivity index (χ2n) is 7.22. The standard InChI is InChI=1S/C20H29N3O7/c1-5-28-16(24)12-11-15(17(25)22-23-19(27)30-20(2,3)4)21-18(26)29-13-14-9-7-6-8-10-14/h6-10,15H,5,11-13H2,1-4H3,(H,21,26)(H,22,25)(H,23,27). The van der Waals surface area contributed by atoms with Gasteiger partial charge in [-0.1, -0.05) is 30.3 Å². The van der Waals surface area contributed by atoms with Crippen molar-refractivity contribution in [1.29, 1.82) is 0 Å². The summed E-state index contributed by atoms with van der Waals surface area (Å²) in [6.07, 6.45) is -1.88. The van der Waals surface area contributed by atoms with Gasteiger partial charge < -0.3 is 19.5 Å². The van der Waals surface area contributed by atoms with E-state index >= 15 is 0 Å². The summed E-state index contributed by atoms with van der Waals surface area (Å²) in [5.41, 5.74) is 4.27. The van der Waals surface area contributed by atoms with Gasteiger partial charge in [0.15, 0.2) is 0 Å². The van der Waals surface area contributed by atoms with E-state index in [2.05, 4.69) is 16.2 Å². The van der Waals surface area contributed by atoms with Gasteiger partial charge in [0, 0.05) is 6.42 Å². The van der Waals surface area contributed by atoms with Gasteiger partial charge in [0.1, 0.15) is 18.2 Å². The molecule has 0 aliphatic heterocycles. The molecule has 166 valence electrons. The van der Waals surface area contributed by atoms with Crippen LogP contribution in [0.1, 0.15) is 46.1 Å². The smallest absolute Gasteiger partial charge is 0.426 e. The first-order chi connectivity index (χ1) is 14.1. The van der Waals surface area contributed by atoms with Crippen LogP contribution in [0.5, 0.6) is 0 Å². The second kappa shape index (κ2) is 12.3. The molecule has 0 saturated carbocycles. The van der Waals surface area contributed by atoms with E-state index in [1.54, 1.807) is 52.0 Å². The molecule has 3 amide bonds. The highest BCUT2D eigenvalue weighted by molar-refractivity contribution is 5.87. The minimum absolute atomic E-state index is 0.00898. The zero-order valence-electron chi connectivity index (χ0n) is 17.7. The van der Waals surface area contributed by atoms with Crippen molar-refractivity contribution in [3.63, 3.8) is 0 Å². The number of carbonyl (C=O) groups excluding carboxylic acids is 4. The lowest BCUT2D eigenvalue weighted by molar-refractivity contribution is -0.143. The van der Waals surface area contributed by atoms with Gasteiger partial charge in [-0.15, -0.1) is 0 Å². The minimum Gasteiger partial charge on any atom is -0.466 e. The summed E-state index contributed by atoms with van der Waals surface area (Å²) in [5, 5.41) is 2.38. The van der Waals surface area contributed by atoms with Crippen LogP contribution in [0, 0.1) is 0 Å². The van der Waals surface area contributed by atoms with Crippen molar-refractivity contribution in [2.75, 3.05) is 6.61 Å². The molecule has 30 heavy (non-hydrogen) atoms. The molecule has 0 bridgehead atoms. The number of hydrogen-bond acceptors (Lipinski definition) is 7. The van der Waals surface area contributed by atoms with E-state index in [1.807, 2.05) is 6.07 Å². The third kappa shape index (κ3) is 10.9. The average molecular weight is 423 g/mol. The van der Waals surface area contributed by atoms with E-state index in [1.165, 1.54) is 0 Å². The number of benzene rings is 1. The molecule has 0 fully saturated rings. The Morgan fingerprint density at radius 3 is 2.23 bits per heavy atom. The Hall–Kier alpha value is -3.30. The van der Waals surface area contributed by atoms with Crippen LogP contribution in [0.4, 0.5) is 9.59 Å². The number of carbonyl (C=O) groups is 4. The Morgan fingerprint density at radius 2 is 1.63 bits per heavy atom. The van der Waals surface area contributed by atoms with Gasteiger partial charge in [-0.2, -0.15) is 0 Å². The number of esters is 1. The largest absolute Gasteiger partial charge is 0.466 e. The number of hydrogen-bond donors (Lipinski definition) is 3. The summed E-state index contributed by atoms with van der Waals surface area (Å²) >= 11 is 0. The Bertz CT molecular complexity index is 717. The van der Waals surface area contributed by atoms with E-state index in [0.29, 0.717) is 0 Å². The predicted molar refractivity (Wildman–Crippen MR) is 107 cm³/mol. The van der Waals surface area contributed by atoms with E-state index in [4.69, 9.17) is 14.2 Å². The molecule has 0 spiro atoms. The number of nitrogens with one attached hydrogen (secondary N) is 3. The average Bonchev–Trinajstić information content (AvgIpc) is 2.67. The molecule has 1 atom stereocenters. The highest BCUT2D eigenvalue weighted by atomic mass is 16.6. The molecule has 0 aliphatic rings. The zero-order chi connectivity index (χ0) is 22.6. The lowest BCUT2D eigenvalue weighted by atomic mass is 10.1. The molecule has 1 unspecified atom stereocenters. The summed E-state index contributed by atoms with van der Waals surface area (Å²) in [6.45, 7) is 6.87. The molecule has 10 heteroatoms. The number of ether oxygens (including phenoxy) is 3. The molecule has 1 aromatic carbocycles. The first-order valence-corrected chi connectivity index (χ1v) is 9.52. The second-order valence-corrected chi connectivity index (χ2v) is 7.22. The summed E-state index contributed by atoms with van der Waals surface area (Å²) in [6, 6.07) is 7.85. The van der Waals surface area contributed by atoms with Crippen LogP contribution < -0.4 is 16.2 Å². The van der Waals surface area contributed by atoms with E-state index in [0.717, 1.165) is 5.56 Å². The Morgan fingerprint density at radius 1 is 0.967 bits per heavy atom. The summed E-state index contributed by atoms with van der Waals surface area (Å²) < 4.78 is 14.9. The van der Waals surface area contributed by atoms with E-state index in [-0.39, 0.29) is 26.1 Å². The van der Waals surface area contributed by atoms with Crippen LogP contribution in [-0.2, 0) is 30.4 Å². The van der Waals surface area contributed by atoms with Crippen LogP contribution in [0.3, 0.4) is 0 Å². The molecular weight excluding hydrogens is 394 g/mol. The van der Waals surface area contributed by atoms with Crippen molar-refractivity contribution in [3.05, 3.63) is 35.9 Å². The van der Waals surface area contributed by atoms with E-state index in [9.17, 15) is 19.2 Å². The fourth-order valence-electron chi connectivity index (χ4n) is 2.17. The van der Waals surface area contributed by atoms with Crippen molar-refractivity contribution >= 4 is 24.1 Å². The van der Waals surface area contributed by atoms with Gasteiger partial charge in [0.2, 0.25) is 0 Å². The first kappa shape index (κ1) is 24.7. The number of rotatable bonds is 8. The monoisotopic (exact) mass is 423 g/mol. The molecule has 0 saturated heterocycles. The summed E-state index contributed by atoms with van der Waals surface area (Å²) in [4.78, 5) is 47.8. The Labute approximate surface area is 175 Å². The fraction of sp³-hybridized carbons (Fsp3) is 0.500. The number of hydrazine groups is 1. The maximum Gasteiger partial charge on any atom is 0.426 e. The fourth-order valence-corrected chi connectivity index (χ4v) is 2.17. The molecular formula is C20H29N3O7. The van der Waals surface area contributed by atoms with Crippen molar-refractivity contribution in [1.82, 2.24) is 16.2 Å². The highest BCUT2D eigenvalue weighted by Crippen LogP contribution is 2.06. The molecule has 0 heterocycles. The lowest BCUT2D eigenvalue weighted by Crippen LogP contribution is -2.53. The van der Waals surface area contributed by atoms with Gasteiger partial charge in [0.05, 0.1) is 6.61 Å². The van der Waals surface area contributed by atoms with Crippen molar-refractivity contribution < 1.29 is 33.4 Å². The highest BCUT2D eigenvalue weighted by Gasteiger charge is 2.24. The third-order valence-electron chi connectivity index (χ3n) is 3.45. The predicted octanol–water partition coefficient (Wildman–Crippen LogP) is 2.18. The molecule has 0 aromatic heterocycles. The van der Waals surface area contributed by atoms with Crippen LogP contribution in [-0.4, -0.2) is 42.3 Å². The van der Waals surface area contributed by atoms with Crippen molar-refractivity contribution in [2.24, 2.45) is 0 Å². The van der Waals surface area contributed by atoms with Crippen molar-refractivity contribution in [2.45, 2.75) is 58.8 Å². The van der Waals surface area contributed by atoms with Crippen LogP contribution >= 0.6 is 0 Å². The SMILES string of the molecule is CCOC(=O)CCC(NC(=O)OCc1ccccc1)C(=O)NNC(=O)OC(C)(C)C. The Balaban J connectivity index is 2.63. The molecule has 1 aromatic rings. The van der Waals surface area contributed by atoms with Gasteiger partial charge >= 0.3 is 18.2 Å². The molecule has 3 N–H and O–H groups in total. The summed E-state index contributed by atoms with van der Waals surface area (Å²) in [7, 11) is 0. The van der Waals surface area contributed by atoms with E-state index < -0.39 is 35.7 Å². The van der Waals surface area contributed by atoms with Crippen LogP contribution in [0.2, 0.25) is 0 Å². The maximum atomic E-state index is 12.4. The number of alkyl carbamates (subject to hydrolysis) is 1. The van der Waals surface area contributed by atoms with Gasteiger partial charge in [-0.3, -0.25) is 15.0 Å². The molecule has 0 aliphatic carbocycles. The van der Waals surface area contributed by atoms with Crippen LogP contribution in [0.25, 0.3) is 0 Å².